The van der Waals surface area contributed by atoms with E-state index < -0.39 is 15.6 Å². The minimum atomic E-state index is -3.89. The van der Waals surface area contributed by atoms with Gasteiger partial charge < -0.3 is 10.2 Å². The van der Waals surface area contributed by atoms with Crippen LogP contribution in [0.15, 0.2) is 59.5 Å². The number of piperazine rings is 1. The van der Waals surface area contributed by atoms with E-state index in [2.05, 4.69) is 5.32 Å². The van der Waals surface area contributed by atoms with Crippen molar-refractivity contribution in [1.82, 2.24) is 14.5 Å². The lowest BCUT2D eigenvalue weighted by Crippen LogP contribution is -2.70. The average molecular weight is 442 g/mol. The molecule has 0 radical (unpaired) electrons. The zero-order chi connectivity index (χ0) is 22.2. The highest BCUT2D eigenvalue weighted by Gasteiger charge is 2.54. The van der Waals surface area contributed by atoms with Crippen LogP contribution in [0.5, 0.6) is 0 Å². The largest absolute Gasteiger partial charge is 0.350 e. The Morgan fingerprint density at radius 3 is 2.35 bits per heavy atom. The van der Waals surface area contributed by atoms with E-state index in [1.807, 2.05) is 31.2 Å². The normalized spacial score (nSPS) is 22.4. The molecule has 2 amide bonds. The third-order valence-corrected chi connectivity index (χ3v) is 7.76. The van der Waals surface area contributed by atoms with Crippen LogP contribution in [-0.4, -0.2) is 54.1 Å². The zero-order valence-electron chi connectivity index (χ0n) is 17.7. The van der Waals surface area contributed by atoms with Crippen LogP contribution in [0.2, 0.25) is 0 Å². The molecular weight excluding hydrogens is 414 g/mol. The van der Waals surface area contributed by atoms with Crippen LogP contribution in [0.3, 0.4) is 0 Å². The number of nitrogens with one attached hydrogen (secondary N) is 1. The molecule has 0 aromatic heterocycles. The Morgan fingerprint density at radius 2 is 1.74 bits per heavy atom. The molecule has 1 aliphatic carbocycles. The van der Waals surface area contributed by atoms with Crippen LogP contribution >= 0.6 is 0 Å². The van der Waals surface area contributed by atoms with Crippen molar-refractivity contribution in [3.05, 3.63) is 65.7 Å². The fourth-order valence-electron chi connectivity index (χ4n) is 4.09. The molecule has 2 aliphatic rings. The molecule has 8 heteroatoms. The molecule has 1 unspecified atom stereocenters. The standard InChI is InChI=1S/C23H27N3O4S/c1-17-8-10-18(11-9-17)14-24-22(28)23(2)16-25(15-21(27)26(23)19-12-13-19)31(29,30)20-6-4-3-5-7-20/h3-11,19H,12-16H2,1-2H3,(H,24,28). The van der Waals surface area contributed by atoms with Gasteiger partial charge in [-0.05, 0) is 44.4 Å². The number of aryl methyl sites for hydroxylation is 1. The van der Waals surface area contributed by atoms with Crippen molar-refractivity contribution in [1.29, 1.82) is 0 Å². The molecule has 1 atom stereocenters. The third-order valence-electron chi connectivity index (χ3n) is 5.95. The molecule has 1 heterocycles. The first-order valence-electron chi connectivity index (χ1n) is 10.4. The van der Waals surface area contributed by atoms with Crippen LogP contribution < -0.4 is 5.32 Å². The van der Waals surface area contributed by atoms with Gasteiger partial charge in [-0.3, -0.25) is 9.59 Å². The Labute approximate surface area is 183 Å². The smallest absolute Gasteiger partial charge is 0.247 e. The topological polar surface area (TPSA) is 86.8 Å². The lowest BCUT2D eigenvalue weighted by atomic mass is 9.95. The summed E-state index contributed by atoms with van der Waals surface area (Å²) in [7, 11) is -3.89. The van der Waals surface area contributed by atoms with E-state index in [4.69, 9.17) is 0 Å². The number of nitrogens with zero attached hydrogens (tertiary/aromatic N) is 2. The first-order valence-corrected chi connectivity index (χ1v) is 11.9. The van der Waals surface area contributed by atoms with Crippen molar-refractivity contribution in [3.8, 4) is 0 Å². The van der Waals surface area contributed by atoms with E-state index in [-0.39, 0.29) is 35.8 Å². The Kier molecular flexibility index (Phi) is 5.61. The van der Waals surface area contributed by atoms with Gasteiger partial charge in [-0.25, -0.2) is 8.42 Å². The van der Waals surface area contributed by atoms with Crippen molar-refractivity contribution >= 4 is 21.8 Å². The molecule has 1 N–H and O–H groups in total. The second-order valence-corrected chi connectivity index (χ2v) is 10.5. The van der Waals surface area contributed by atoms with Gasteiger partial charge in [-0.2, -0.15) is 4.31 Å². The quantitative estimate of drug-likeness (QED) is 0.744. The molecule has 0 spiro atoms. The summed E-state index contributed by atoms with van der Waals surface area (Å²) in [6, 6.07) is 15.8. The fourth-order valence-corrected chi connectivity index (χ4v) is 5.59. The van der Waals surface area contributed by atoms with Crippen molar-refractivity contribution in [3.63, 3.8) is 0 Å². The van der Waals surface area contributed by atoms with Crippen LogP contribution in [0.4, 0.5) is 0 Å². The van der Waals surface area contributed by atoms with Crippen LogP contribution in [0.1, 0.15) is 30.9 Å². The second kappa shape index (κ2) is 8.09. The van der Waals surface area contributed by atoms with Gasteiger partial charge in [0.15, 0.2) is 0 Å². The molecule has 0 bridgehead atoms. The van der Waals surface area contributed by atoms with Crippen molar-refractivity contribution in [2.75, 3.05) is 13.1 Å². The maximum Gasteiger partial charge on any atom is 0.247 e. The predicted octanol–water partition coefficient (Wildman–Crippen LogP) is 2.07. The Bertz CT molecular complexity index is 1080. The molecule has 4 rings (SSSR count). The first-order chi connectivity index (χ1) is 14.7. The SMILES string of the molecule is Cc1ccc(CNC(=O)C2(C)CN(S(=O)(=O)c3ccccc3)CC(=O)N2C2CC2)cc1. The van der Waals surface area contributed by atoms with Crippen molar-refractivity contribution in [2.45, 2.75) is 49.7 Å². The molecule has 1 saturated heterocycles. The van der Waals surface area contributed by atoms with E-state index in [9.17, 15) is 18.0 Å². The monoisotopic (exact) mass is 441 g/mol. The van der Waals surface area contributed by atoms with Gasteiger partial charge in [0.2, 0.25) is 21.8 Å². The highest BCUT2D eigenvalue weighted by Crippen LogP contribution is 2.37. The molecule has 31 heavy (non-hydrogen) atoms. The number of hydrogen-bond acceptors (Lipinski definition) is 4. The summed E-state index contributed by atoms with van der Waals surface area (Å²) in [5.74, 6) is -0.678. The zero-order valence-corrected chi connectivity index (χ0v) is 18.6. The number of carbonyl (C=O) groups excluding carboxylic acids is 2. The van der Waals surface area contributed by atoms with E-state index in [0.717, 1.165) is 28.3 Å². The lowest BCUT2D eigenvalue weighted by Gasteiger charge is -2.47. The molecular formula is C23H27N3O4S. The first kappa shape index (κ1) is 21.5. The van der Waals surface area contributed by atoms with Gasteiger partial charge >= 0.3 is 0 Å². The molecule has 2 aromatic carbocycles. The number of rotatable bonds is 6. The summed E-state index contributed by atoms with van der Waals surface area (Å²) in [6.07, 6.45) is 1.66. The Hall–Kier alpha value is -2.71. The Balaban J connectivity index is 1.59. The van der Waals surface area contributed by atoms with Crippen LogP contribution in [0.25, 0.3) is 0 Å². The Morgan fingerprint density at radius 1 is 1.10 bits per heavy atom. The maximum absolute atomic E-state index is 13.3. The van der Waals surface area contributed by atoms with Crippen LogP contribution in [-0.2, 0) is 26.2 Å². The van der Waals surface area contributed by atoms with Gasteiger partial charge in [0, 0.05) is 19.1 Å². The number of hydrogen-bond donors (Lipinski definition) is 1. The van der Waals surface area contributed by atoms with E-state index in [0.29, 0.717) is 6.54 Å². The predicted molar refractivity (Wildman–Crippen MR) is 116 cm³/mol. The van der Waals surface area contributed by atoms with Gasteiger partial charge in [0.05, 0.1) is 11.4 Å². The summed E-state index contributed by atoms with van der Waals surface area (Å²) in [5.41, 5.74) is 0.793. The van der Waals surface area contributed by atoms with Gasteiger partial charge in [0.1, 0.15) is 5.54 Å². The second-order valence-electron chi connectivity index (χ2n) is 8.52. The summed E-state index contributed by atoms with van der Waals surface area (Å²) in [6.45, 7) is 3.64. The number of sulfonamides is 1. The summed E-state index contributed by atoms with van der Waals surface area (Å²) >= 11 is 0. The fraction of sp³-hybridized carbons (Fsp3) is 0.391. The minimum Gasteiger partial charge on any atom is -0.350 e. The molecule has 1 saturated carbocycles. The highest BCUT2D eigenvalue weighted by atomic mass is 32.2. The van der Waals surface area contributed by atoms with Gasteiger partial charge in [0.25, 0.3) is 0 Å². The molecule has 1 aliphatic heterocycles. The molecule has 2 fully saturated rings. The maximum atomic E-state index is 13.3. The average Bonchev–Trinajstić information content (AvgIpc) is 3.58. The van der Waals surface area contributed by atoms with E-state index >= 15 is 0 Å². The number of amides is 2. The lowest BCUT2D eigenvalue weighted by molar-refractivity contribution is -0.153. The number of benzene rings is 2. The van der Waals surface area contributed by atoms with E-state index in [1.54, 1.807) is 30.0 Å². The minimum absolute atomic E-state index is 0.01000. The summed E-state index contributed by atoms with van der Waals surface area (Å²) in [5, 5.41) is 2.92. The van der Waals surface area contributed by atoms with Gasteiger partial charge in [-0.1, -0.05) is 48.0 Å². The molecule has 164 valence electrons. The van der Waals surface area contributed by atoms with Gasteiger partial charge in [-0.15, -0.1) is 0 Å². The highest BCUT2D eigenvalue weighted by molar-refractivity contribution is 7.89. The molecule has 2 aromatic rings. The van der Waals surface area contributed by atoms with Crippen molar-refractivity contribution in [2.24, 2.45) is 0 Å². The molecule has 7 nitrogen and oxygen atoms in total. The van der Waals surface area contributed by atoms with Crippen LogP contribution in [0, 0.1) is 6.92 Å². The summed E-state index contributed by atoms with van der Waals surface area (Å²) in [4.78, 5) is 28.1. The van der Waals surface area contributed by atoms with Crippen molar-refractivity contribution < 1.29 is 18.0 Å². The van der Waals surface area contributed by atoms with E-state index in [1.165, 1.54) is 12.1 Å². The summed E-state index contributed by atoms with van der Waals surface area (Å²) < 4.78 is 27.5. The number of carbonyl (C=O) groups is 2. The third kappa shape index (κ3) is 4.22.